The molecule has 2 aromatic carbocycles. The minimum absolute atomic E-state index is 0.109. The lowest BCUT2D eigenvalue weighted by molar-refractivity contribution is -0.163. The van der Waals surface area contributed by atoms with Crippen molar-refractivity contribution in [2.24, 2.45) is 10.8 Å². The molecule has 0 spiro atoms. The first-order chi connectivity index (χ1) is 13.6. The van der Waals surface area contributed by atoms with Crippen LogP contribution in [0.4, 0.5) is 16.2 Å². The van der Waals surface area contributed by atoms with Gasteiger partial charge in [0.1, 0.15) is 17.9 Å². The molecule has 2 amide bonds. The molecule has 1 aliphatic rings. The SMILES string of the molecule is CC1(C)[C@H](NC(=O)Nc2ccc(N)cc2)C(C)(C)[C@H]1Oc1ccc(C#N)c(Cl)c1. The van der Waals surface area contributed by atoms with Crippen LogP contribution in [0.15, 0.2) is 42.5 Å². The molecular weight excluding hydrogens is 388 g/mol. The lowest BCUT2D eigenvalue weighted by Crippen LogP contribution is -2.75. The van der Waals surface area contributed by atoms with Gasteiger partial charge in [0.15, 0.2) is 0 Å². The minimum Gasteiger partial charge on any atom is -0.489 e. The highest BCUT2D eigenvalue weighted by Crippen LogP contribution is 2.55. The Balaban J connectivity index is 1.69. The number of carbonyl (C=O) groups excluding carboxylic acids is 1. The molecule has 1 saturated carbocycles. The van der Waals surface area contributed by atoms with Gasteiger partial charge in [0.2, 0.25) is 0 Å². The number of carbonyl (C=O) groups is 1. The van der Waals surface area contributed by atoms with E-state index in [1.807, 2.05) is 6.07 Å². The van der Waals surface area contributed by atoms with Gasteiger partial charge in [-0.2, -0.15) is 5.26 Å². The zero-order valence-electron chi connectivity index (χ0n) is 16.9. The van der Waals surface area contributed by atoms with Crippen molar-refractivity contribution in [3.05, 3.63) is 53.1 Å². The van der Waals surface area contributed by atoms with Gasteiger partial charge < -0.3 is 21.1 Å². The number of rotatable bonds is 4. The zero-order valence-corrected chi connectivity index (χ0v) is 17.7. The van der Waals surface area contributed by atoms with Crippen LogP contribution >= 0.6 is 11.6 Å². The molecule has 7 heteroatoms. The van der Waals surface area contributed by atoms with E-state index in [-0.39, 0.29) is 29.0 Å². The summed E-state index contributed by atoms with van der Waals surface area (Å²) in [6.07, 6.45) is -0.152. The molecule has 0 atom stereocenters. The highest BCUT2D eigenvalue weighted by Gasteiger charge is 2.64. The van der Waals surface area contributed by atoms with Crippen molar-refractivity contribution in [3.8, 4) is 11.8 Å². The van der Waals surface area contributed by atoms with Crippen LogP contribution in [0.1, 0.15) is 33.3 Å². The fourth-order valence-corrected chi connectivity index (χ4v) is 4.67. The summed E-state index contributed by atoms with van der Waals surface area (Å²) in [7, 11) is 0. The Labute approximate surface area is 176 Å². The summed E-state index contributed by atoms with van der Waals surface area (Å²) in [5.74, 6) is 0.602. The van der Waals surface area contributed by atoms with Crippen molar-refractivity contribution >= 4 is 29.0 Å². The standard InChI is InChI=1S/C22H25ClN4O2/c1-21(2)18(27-20(28)26-15-8-6-14(25)7-9-15)22(3,4)19(21)29-16-10-5-13(12-24)17(23)11-16/h5-11,18-19H,25H2,1-4H3,(H2,26,27,28)/t18-,19-. The van der Waals surface area contributed by atoms with E-state index >= 15 is 0 Å². The van der Waals surface area contributed by atoms with Crippen LogP contribution in [0.3, 0.4) is 0 Å². The van der Waals surface area contributed by atoms with Crippen molar-refractivity contribution in [2.75, 3.05) is 11.1 Å². The number of nitrogens with two attached hydrogens (primary N) is 1. The predicted octanol–water partition coefficient (Wildman–Crippen LogP) is 4.80. The molecule has 0 unspecified atom stereocenters. The second-order valence-corrected chi connectivity index (χ2v) is 8.95. The molecular formula is C22H25ClN4O2. The summed E-state index contributed by atoms with van der Waals surface area (Å²) < 4.78 is 6.22. The Kier molecular flexibility index (Phi) is 5.38. The monoisotopic (exact) mass is 412 g/mol. The fraction of sp³-hybridized carbons (Fsp3) is 0.364. The Bertz CT molecular complexity index is 948. The van der Waals surface area contributed by atoms with E-state index in [9.17, 15) is 4.79 Å². The number of halogens is 1. The second-order valence-electron chi connectivity index (χ2n) is 8.55. The fourth-order valence-electron chi connectivity index (χ4n) is 4.46. The van der Waals surface area contributed by atoms with Crippen LogP contribution in [0, 0.1) is 22.2 Å². The zero-order chi connectivity index (χ0) is 21.4. The van der Waals surface area contributed by atoms with Gasteiger partial charge in [-0.3, -0.25) is 0 Å². The molecule has 29 heavy (non-hydrogen) atoms. The number of urea groups is 1. The number of hydrogen-bond donors (Lipinski definition) is 3. The van der Waals surface area contributed by atoms with Gasteiger partial charge in [-0.05, 0) is 36.4 Å². The first kappa shape index (κ1) is 20.8. The molecule has 3 rings (SSSR count). The molecule has 6 nitrogen and oxygen atoms in total. The van der Waals surface area contributed by atoms with E-state index in [2.05, 4.69) is 38.3 Å². The molecule has 0 aromatic heterocycles. The number of ether oxygens (including phenoxy) is 1. The Morgan fingerprint density at radius 3 is 2.31 bits per heavy atom. The van der Waals surface area contributed by atoms with Crippen LogP contribution in [0.25, 0.3) is 0 Å². The Morgan fingerprint density at radius 2 is 1.76 bits per heavy atom. The van der Waals surface area contributed by atoms with Crippen molar-refractivity contribution in [1.29, 1.82) is 5.26 Å². The van der Waals surface area contributed by atoms with Gasteiger partial charge in [-0.1, -0.05) is 39.3 Å². The largest absolute Gasteiger partial charge is 0.489 e. The van der Waals surface area contributed by atoms with E-state index < -0.39 is 0 Å². The highest BCUT2D eigenvalue weighted by molar-refractivity contribution is 6.31. The van der Waals surface area contributed by atoms with E-state index in [1.54, 1.807) is 42.5 Å². The van der Waals surface area contributed by atoms with Gasteiger partial charge in [0, 0.05) is 34.3 Å². The van der Waals surface area contributed by atoms with Gasteiger partial charge >= 0.3 is 6.03 Å². The average molecular weight is 413 g/mol. The molecule has 0 bridgehead atoms. The summed E-state index contributed by atoms with van der Waals surface area (Å²) in [6.45, 7) is 8.23. The van der Waals surface area contributed by atoms with E-state index in [0.717, 1.165) is 0 Å². The highest BCUT2D eigenvalue weighted by atomic mass is 35.5. The summed E-state index contributed by atoms with van der Waals surface area (Å²) in [6, 6.07) is 13.7. The van der Waals surface area contributed by atoms with Crippen molar-refractivity contribution < 1.29 is 9.53 Å². The summed E-state index contributed by atoms with van der Waals surface area (Å²) in [5, 5.41) is 15.3. The quantitative estimate of drug-likeness (QED) is 0.628. The van der Waals surface area contributed by atoms with Crippen LogP contribution in [-0.4, -0.2) is 18.2 Å². The summed E-state index contributed by atoms with van der Waals surface area (Å²) in [5.41, 5.74) is 6.76. The number of amides is 2. The molecule has 1 aliphatic carbocycles. The molecule has 1 fully saturated rings. The maximum atomic E-state index is 12.5. The van der Waals surface area contributed by atoms with Crippen LogP contribution in [0.5, 0.6) is 5.75 Å². The molecule has 0 radical (unpaired) electrons. The van der Waals surface area contributed by atoms with Crippen molar-refractivity contribution in [3.63, 3.8) is 0 Å². The van der Waals surface area contributed by atoms with Gasteiger partial charge in [0.05, 0.1) is 10.6 Å². The second kappa shape index (κ2) is 7.49. The van der Waals surface area contributed by atoms with Crippen LogP contribution in [-0.2, 0) is 0 Å². The van der Waals surface area contributed by atoms with E-state index in [0.29, 0.717) is 27.7 Å². The topological polar surface area (TPSA) is 100 Å². The number of nitrogen functional groups attached to an aromatic ring is 1. The molecule has 0 saturated heterocycles. The maximum Gasteiger partial charge on any atom is 0.319 e. The smallest absolute Gasteiger partial charge is 0.319 e. The number of benzene rings is 2. The summed E-state index contributed by atoms with van der Waals surface area (Å²) in [4.78, 5) is 12.5. The Hall–Kier alpha value is -2.91. The Morgan fingerprint density at radius 1 is 1.14 bits per heavy atom. The number of hydrogen-bond acceptors (Lipinski definition) is 4. The lowest BCUT2D eigenvalue weighted by Gasteiger charge is -2.63. The number of anilines is 2. The number of nitriles is 1. The third-order valence-corrected chi connectivity index (χ3v) is 5.91. The average Bonchev–Trinajstić information content (AvgIpc) is 2.66. The number of nitrogens with one attached hydrogen (secondary N) is 2. The third kappa shape index (κ3) is 3.96. The van der Waals surface area contributed by atoms with Crippen LogP contribution in [0.2, 0.25) is 5.02 Å². The van der Waals surface area contributed by atoms with E-state index in [4.69, 9.17) is 27.3 Å². The minimum atomic E-state index is -0.317. The van der Waals surface area contributed by atoms with Gasteiger partial charge in [-0.25, -0.2) is 4.79 Å². The van der Waals surface area contributed by atoms with Crippen LogP contribution < -0.4 is 21.1 Å². The molecule has 2 aromatic rings. The van der Waals surface area contributed by atoms with Crippen molar-refractivity contribution in [2.45, 2.75) is 39.8 Å². The normalized spacial score (nSPS) is 21.4. The molecule has 152 valence electrons. The van der Waals surface area contributed by atoms with Gasteiger partial charge in [0.25, 0.3) is 0 Å². The van der Waals surface area contributed by atoms with Gasteiger partial charge in [-0.15, -0.1) is 0 Å². The third-order valence-electron chi connectivity index (χ3n) is 5.60. The lowest BCUT2D eigenvalue weighted by atomic mass is 9.49. The van der Waals surface area contributed by atoms with E-state index in [1.165, 1.54) is 0 Å². The summed E-state index contributed by atoms with van der Waals surface area (Å²) >= 11 is 6.13. The first-order valence-corrected chi connectivity index (χ1v) is 9.73. The molecule has 0 aliphatic heterocycles. The van der Waals surface area contributed by atoms with Crippen molar-refractivity contribution in [1.82, 2.24) is 5.32 Å². The molecule has 0 heterocycles. The molecule has 4 N–H and O–H groups in total. The first-order valence-electron chi connectivity index (χ1n) is 9.35. The maximum absolute atomic E-state index is 12.5. The number of nitrogens with zero attached hydrogens (tertiary/aromatic N) is 1. The predicted molar refractivity (Wildman–Crippen MR) is 115 cm³/mol.